The van der Waals surface area contributed by atoms with Gasteiger partial charge in [0.25, 0.3) is 0 Å². The Morgan fingerprint density at radius 1 is 1.08 bits per heavy atom. The Balaban J connectivity index is 1.85. The molecule has 3 N–H and O–H groups in total. The molecule has 0 aliphatic heterocycles. The number of thiocarbonyl (C=S) groups is 1. The van der Waals surface area contributed by atoms with E-state index < -0.39 is 0 Å². The van der Waals surface area contributed by atoms with Crippen molar-refractivity contribution in [3.8, 4) is 11.5 Å². The van der Waals surface area contributed by atoms with E-state index in [1.807, 2.05) is 0 Å². The standard InChI is InChI=1S/C17H18FN3O3S/c1-23-14-7-6-11(8-15(14)24-2)9-16(22)20-21-17(25)19-13-5-3-4-12(18)10-13/h3-8,10H,9H2,1-2H3,(H,20,22)(H2,19,21,25). The van der Waals surface area contributed by atoms with Gasteiger partial charge >= 0.3 is 0 Å². The second-order valence-corrected chi connectivity index (χ2v) is 5.41. The first kappa shape index (κ1) is 18.5. The van der Waals surface area contributed by atoms with E-state index in [1.165, 1.54) is 19.2 Å². The Bertz CT molecular complexity index is 771. The van der Waals surface area contributed by atoms with Gasteiger partial charge in [0.15, 0.2) is 16.6 Å². The van der Waals surface area contributed by atoms with Crippen molar-refractivity contribution in [2.45, 2.75) is 6.42 Å². The zero-order chi connectivity index (χ0) is 18.2. The van der Waals surface area contributed by atoms with Crippen molar-refractivity contribution in [3.05, 3.63) is 53.8 Å². The van der Waals surface area contributed by atoms with Crippen LogP contribution in [0.1, 0.15) is 5.56 Å². The van der Waals surface area contributed by atoms with Crippen LogP contribution in [0.15, 0.2) is 42.5 Å². The fourth-order valence-electron chi connectivity index (χ4n) is 2.08. The molecule has 2 aromatic rings. The number of benzene rings is 2. The number of amides is 1. The van der Waals surface area contributed by atoms with Crippen molar-refractivity contribution < 1.29 is 18.7 Å². The van der Waals surface area contributed by atoms with Gasteiger partial charge in [0.05, 0.1) is 20.6 Å². The molecular weight excluding hydrogens is 345 g/mol. The molecule has 6 nitrogen and oxygen atoms in total. The molecule has 0 fully saturated rings. The van der Waals surface area contributed by atoms with E-state index >= 15 is 0 Å². The topological polar surface area (TPSA) is 71.6 Å². The van der Waals surface area contributed by atoms with E-state index in [0.717, 1.165) is 5.56 Å². The predicted molar refractivity (Wildman–Crippen MR) is 97.1 cm³/mol. The van der Waals surface area contributed by atoms with Gasteiger partial charge in [0, 0.05) is 5.69 Å². The molecule has 0 bridgehead atoms. The smallest absolute Gasteiger partial charge is 0.242 e. The lowest BCUT2D eigenvalue weighted by molar-refractivity contribution is -0.120. The number of hydrazine groups is 1. The number of hydrogen-bond donors (Lipinski definition) is 3. The largest absolute Gasteiger partial charge is 0.493 e. The molecule has 25 heavy (non-hydrogen) atoms. The third kappa shape index (κ3) is 5.61. The minimum Gasteiger partial charge on any atom is -0.493 e. The molecule has 0 radical (unpaired) electrons. The number of ether oxygens (including phenoxy) is 2. The lowest BCUT2D eigenvalue weighted by atomic mass is 10.1. The first-order valence-electron chi connectivity index (χ1n) is 7.34. The monoisotopic (exact) mass is 363 g/mol. The summed E-state index contributed by atoms with van der Waals surface area (Å²) in [5, 5.41) is 2.91. The van der Waals surface area contributed by atoms with Crippen LogP contribution in [-0.4, -0.2) is 25.2 Å². The van der Waals surface area contributed by atoms with Crippen LogP contribution in [0, 0.1) is 5.82 Å². The SMILES string of the molecule is COc1ccc(CC(=O)NNC(=S)Nc2cccc(F)c2)cc1OC. The molecule has 0 spiro atoms. The van der Waals surface area contributed by atoms with Gasteiger partial charge in [-0.25, -0.2) is 4.39 Å². The van der Waals surface area contributed by atoms with Crippen molar-refractivity contribution in [1.29, 1.82) is 0 Å². The highest BCUT2D eigenvalue weighted by atomic mass is 32.1. The maximum Gasteiger partial charge on any atom is 0.242 e. The average molecular weight is 363 g/mol. The summed E-state index contributed by atoms with van der Waals surface area (Å²) in [6, 6.07) is 11.0. The molecule has 0 aromatic heterocycles. The summed E-state index contributed by atoms with van der Waals surface area (Å²) in [6.07, 6.45) is 0.121. The number of halogens is 1. The van der Waals surface area contributed by atoms with E-state index in [4.69, 9.17) is 21.7 Å². The molecule has 0 heterocycles. The summed E-state index contributed by atoms with van der Waals surface area (Å²) < 4.78 is 23.4. The normalized spacial score (nSPS) is 9.88. The Labute approximate surface area is 150 Å². The molecule has 2 aromatic carbocycles. The third-order valence-electron chi connectivity index (χ3n) is 3.21. The number of rotatable bonds is 5. The number of hydrogen-bond acceptors (Lipinski definition) is 4. The highest BCUT2D eigenvalue weighted by Crippen LogP contribution is 2.27. The highest BCUT2D eigenvalue weighted by Gasteiger charge is 2.08. The van der Waals surface area contributed by atoms with E-state index in [2.05, 4.69) is 16.2 Å². The van der Waals surface area contributed by atoms with Crippen molar-refractivity contribution in [1.82, 2.24) is 10.9 Å². The van der Waals surface area contributed by atoms with Crippen molar-refractivity contribution in [2.24, 2.45) is 0 Å². The molecule has 0 unspecified atom stereocenters. The number of carbonyl (C=O) groups is 1. The maximum absolute atomic E-state index is 13.1. The predicted octanol–water partition coefficient (Wildman–Crippen LogP) is 2.40. The zero-order valence-corrected chi connectivity index (χ0v) is 14.6. The van der Waals surface area contributed by atoms with E-state index in [0.29, 0.717) is 17.2 Å². The summed E-state index contributed by atoms with van der Waals surface area (Å²) in [5.41, 5.74) is 6.27. The number of nitrogens with one attached hydrogen (secondary N) is 3. The molecule has 0 aliphatic carbocycles. The summed E-state index contributed by atoms with van der Waals surface area (Å²) in [7, 11) is 3.07. The Hall–Kier alpha value is -2.87. The summed E-state index contributed by atoms with van der Waals surface area (Å²) >= 11 is 5.04. The Morgan fingerprint density at radius 2 is 1.84 bits per heavy atom. The fourth-order valence-corrected chi connectivity index (χ4v) is 2.24. The van der Waals surface area contributed by atoms with Crippen LogP contribution in [0.4, 0.5) is 10.1 Å². The summed E-state index contributed by atoms with van der Waals surface area (Å²) in [4.78, 5) is 12.0. The highest BCUT2D eigenvalue weighted by molar-refractivity contribution is 7.80. The van der Waals surface area contributed by atoms with Crippen molar-refractivity contribution >= 4 is 28.9 Å². The van der Waals surface area contributed by atoms with Crippen LogP contribution in [0.25, 0.3) is 0 Å². The minimum atomic E-state index is -0.384. The zero-order valence-electron chi connectivity index (χ0n) is 13.8. The quantitative estimate of drug-likeness (QED) is 0.560. The van der Waals surface area contributed by atoms with Gasteiger partial charge in [-0.1, -0.05) is 12.1 Å². The average Bonchev–Trinajstić information content (AvgIpc) is 2.60. The first-order valence-corrected chi connectivity index (χ1v) is 7.75. The molecule has 0 saturated carbocycles. The van der Waals surface area contributed by atoms with Crippen LogP contribution >= 0.6 is 12.2 Å². The van der Waals surface area contributed by atoms with Gasteiger partial charge in [-0.05, 0) is 48.1 Å². The van der Waals surface area contributed by atoms with Crippen LogP contribution in [0.5, 0.6) is 11.5 Å². The van der Waals surface area contributed by atoms with Gasteiger partial charge in [-0.2, -0.15) is 0 Å². The molecule has 0 atom stereocenters. The molecule has 132 valence electrons. The first-order chi connectivity index (χ1) is 12.0. The molecule has 0 saturated heterocycles. The lowest BCUT2D eigenvalue weighted by Crippen LogP contribution is -2.44. The van der Waals surface area contributed by atoms with Crippen LogP contribution in [0.2, 0.25) is 0 Å². The van der Waals surface area contributed by atoms with Gasteiger partial charge in [-0.15, -0.1) is 0 Å². The summed E-state index contributed by atoms with van der Waals surface area (Å²) in [6.45, 7) is 0. The second kappa shape index (κ2) is 8.84. The maximum atomic E-state index is 13.1. The van der Waals surface area contributed by atoms with E-state index in [-0.39, 0.29) is 23.3 Å². The number of anilines is 1. The molecule has 2 rings (SSSR count). The molecular formula is C17H18FN3O3S. The van der Waals surface area contributed by atoms with Gasteiger partial charge in [-0.3, -0.25) is 15.6 Å². The third-order valence-corrected chi connectivity index (χ3v) is 3.41. The molecule has 1 amide bonds. The van der Waals surface area contributed by atoms with Gasteiger partial charge < -0.3 is 14.8 Å². The van der Waals surface area contributed by atoms with Crippen LogP contribution < -0.4 is 25.6 Å². The second-order valence-electron chi connectivity index (χ2n) is 5.00. The minimum absolute atomic E-state index is 0.121. The fraction of sp³-hybridized carbons (Fsp3) is 0.176. The Morgan fingerprint density at radius 3 is 2.52 bits per heavy atom. The van der Waals surface area contributed by atoms with Crippen LogP contribution in [0.3, 0.4) is 0 Å². The molecule has 8 heteroatoms. The lowest BCUT2D eigenvalue weighted by Gasteiger charge is -2.12. The van der Waals surface area contributed by atoms with Gasteiger partial charge in [0.1, 0.15) is 5.82 Å². The van der Waals surface area contributed by atoms with Crippen LogP contribution in [-0.2, 0) is 11.2 Å². The number of carbonyl (C=O) groups excluding carboxylic acids is 1. The molecule has 0 aliphatic rings. The Kier molecular flexibility index (Phi) is 6.53. The van der Waals surface area contributed by atoms with E-state index in [1.54, 1.807) is 37.4 Å². The van der Waals surface area contributed by atoms with Crippen molar-refractivity contribution in [3.63, 3.8) is 0 Å². The summed E-state index contributed by atoms with van der Waals surface area (Å²) in [5.74, 6) is 0.454. The van der Waals surface area contributed by atoms with E-state index in [9.17, 15) is 9.18 Å². The van der Waals surface area contributed by atoms with Gasteiger partial charge in [0.2, 0.25) is 5.91 Å². The number of methoxy groups -OCH3 is 2. The van der Waals surface area contributed by atoms with Crippen molar-refractivity contribution in [2.75, 3.05) is 19.5 Å².